The number of aromatic nitrogens is 2. The second-order valence-electron chi connectivity index (χ2n) is 4.99. The van der Waals surface area contributed by atoms with Crippen molar-refractivity contribution in [1.82, 2.24) is 9.97 Å². The average molecular weight is 296 g/mol. The van der Waals surface area contributed by atoms with Crippen LogP contribution in [0.5, 0.6) is 0 Å². The van der Waals surface area contributed by atoms with Crippen LogP contribution in [-0.2, 0) is 6.54 Å². The second kappa shape index (κ2) is 6.47. The molecule has 114 valence electrons. The van der Waals surface area contributed by atoms with Crippen molar-refractivity contribution in [2.45, 2.75) is 20.4 Å². The van der Waals surface area contributed by atoms with E-state index in [0.29, 0.717) is 6.54 Å². The number of nitrogens with zero attached hydrogens (tertiary/aromatic N) is 3. The van der Waals surface area contributed by atoms with Gasteiger partial charge < -0.3 is 14.6 Å². The first-order valence-electron chi connectivity index (χ1n) is 7.59. The highest BCUT2D eigenvalue weighted by atomic mass is 16.3. The van der Waals surface area contributed by atoms with E-state index in [2.05, 4.69) is 29.0 Å². The summed E-state index contributed by atoms with van der Waals surface area (Å²) in [5, 5.41) is 4.38. The topological polar surface area (TPSA) is 54.2 Å². The summed E-state index contributed by atoms with van der Waals surface area (Å²) in [4.78, 5) is 11.5. The Hall–Kier alpha value is -2.56. The van der Waals surface area contributed by atoms with Gasteiger partial charge in [0.05, 0.1) is 18.3 Å². The summed E-state index contributed by atoms with van der Waals surface area (Å²) in [5.74, 6) is 2.47. The summed E-state index contributed by atoms with van der Waals surface area (Å²) in [6, 6.07) is 11.9. The van der Waals surface area contributed by atoms with Crippen LogP contribution < -0.4 is 10.2 Å². The van der Waals surface area contributed by atoms with Gasteiger partial charge in [0.2, 0.25) is 5.95 Å². The Morgan fingerprint density at radius 2 is 1.86 bits per heavy atom. The second-order valence-corrected chi connectivity index (χ2v) is 4.99. The molecule has 0 aliphatic rings. The maximum absolute atomic E-state index is 5.37. The molecule has 2 heterocycles. The molecule has 3 rings (SSSR count). The number of hydrogen-bond acceptors (Lipinski definition) is 5. The lowest BCUT2D eigenvalue weighted by Crippen LogP contribution is -2.24. The van der Waals surface area contributed by atoms with Gasteiger partial charge in [0, 0.05) is 18.5 Å². The Balaban J connectivity index is 1.98. The molecule has 5 heteroatoms. The predicted octanol–water partition coefficient (Wildman–Crippen LogP) is 3.68. The molecule has 1 aromatic carbocycles. The molecule has 0 atom stereocenters. The number of fused-ring (bicyclic) bond motifs is 1. The van der Waals surface area contributed by atoms with Crippen LogP contribution in [0.1, 0.15) is 19.6 Å². The number of anilines is 2. The van der Waals surface area contributed by atoms with Crippen LogP contribution in [0.3, 0.4) is 0 Å². The van der Waals surface area contributed by atoms with E-state index in [-0.39, 0.29) is 0 Å². The van der Waals surface area contributed by atoms with Crippen LogP contribution in [0.2, 0.25) is 0 Å². The van der Waals surface area contributed by atoms with Gasteiger partial charge in [-0.2, -0.15) is 4.98 Å². The minimum absolute atomic E-state index is 0.603. The smallest absolute Gasteiger partial charge is 0.227 e. The first kappa shape index (κ1) is 14.4. The molecular formula is C17H20N4O. The lowest BCUT2D eigenvalue weighted by molar-refractivity contribution is 0.518. The maximum atomic E-state index is 5.37. The standard InChI is InChI=1S/C17H20N4O/c1-3-21(4-2)17-19-15-10-6-5-9-14(15)16(20-17)18-12-13-8-7-11-22-13/h5-11H,3-4,12H2,1-2H3,(H,18,19,20). The number of hydrogen-bond donors (Lipinski definition) is 1. The van der Waals surface area contributed by atoms with E-state index in [1.165, 1.54) is 0 Å². The van der Waals surface area contributed by atoms with Crippen molar-refractivity contribution in [2.75, 3.05) is 23.3 Å². The number of rotatable bonds is 6. The summed E-state index contributed by atoms with van der Waals surface area (Å²) in [7, 11) is 0. The van der Waals surface area contributed by atoms with Crippen molar-refractivity contribution >= 4 is 22.7 Å². The average Bonchev–Trinajstić information content (AvgIpc) is 3.07. The van der Waals surface area contributed by atoms with Gasteiger partial charge in [-0.15, -0.1) is 0 Å². The van der Waals surface area contributed by atoms with Gasteiger partial charge in [0.1, 0.15) is 11.6 Å². The van der Waals surface area contributed by atoms with Crippen LogP contribution in [-0.4, -0.2) is 23.1 Å². The van der Waals surface area contributed by atoms with Gasteiger partial charge in [-0.1, -0.05) is 12.1 Å². The number of para-hydroxylation sites is 1. The predicted molar refractivity (Wildman–Crippen MR) is 89.1 cm³/mol. The van der Waals surface area contributed by atoms with Crippen LogP contribution in [0, 0.1) is 0 Å². The molecule has 0 radical (unpaired) electrons. The largest absolute Gasteiger partial charge is 0.467 e. The summed E-state index contributed by atoms with van der Waals surface area (Å²) in [6.45, 7) is 6.58. The van der Waals surface area contributed by atoms with Crippen LogP contribution >= 0.6 is 0 Å². The summed E-state index contributed by atoms with van der Waals surface area (Å²) in [6.07, 6.45) is 1.68. The Kier molecular flexibility index (Phi) is 4.23. The zero-order valence-corrected chi connectivity index (χ0v) is 12.9. The molecule has 0 saturated heterocycles. The normalized spacial score (nSPS) is 10.8. The first-order chi connectivity index (χ1) is 10.8. The monoisotopic (exact) mass is 296 g/mol. The molecule has 3 aromatic rings. The van der Waals surface area contributed by atoms with Gasteiger partial charge in [-0.05, 0) is 38.1 Å². The Morgan fingerprint density at radius 1 is 1.05 bits per heavy atom. The van der Waals surface area contributed by atoms with E-state index in [0.717, 1.165) is 41.5 Å². The third-order valence-corrected chi connectivity index (χ3v) is 3.65. The molecule has 0 fully saturated rings. The molecule has 0 spiro atoms. The van der Waals surface area contributed by atoms with Gasteiger partial charge in [-0.3, -0.25) is 0 Å². The van der Waals surface area contributed by atoms with E-state index in [1.807, 2.05) is 36.4 Å². The van der Waals surface area contributed by atoms with E-state index in [1.54, 1.807) is 6.26 Å². The zero-order chi connectivity index (χ0) is 15.4. The highest BCUT2D eigenvalue weighted by Crippen LogP contribution is 2.24. The molecule has 22 heavy (non-hydrogen) atoms. The molecule has 5 nitrogen and oxygen atoms in total. The Bertz CT molecular complexity index is 736. The van der Waals surface area contributed by atoms with Gasteiger partial charge in [0.15, 0.2) is 0 Å². The molecule has 0 saturated carbocycles. The van der Waals surface area contributed by atoms with Crippen molar-refractivity contribution in [1.29, 1.82) is 0 Å². The maximum Gasteiger partial charge on any atom is 0.227 e. The first-order valence-corrected chi connectivity index (χ1v) is 7.59. The fourth-order valence-corrected chi connectivity index (χ4v) is 2.43. The molecule has 0 bridgehead atoms. The van der Waals surface area contributed by atoms with E-state index < -0.39 is 0 Å². The lowest BCUT2D eigenvalue weighted by atomic mass is 10.2. The quantitative estimate of drug-likeness (QED) is 0.752. The number of nitrogens with one attached hydrogen (secondary N) is 1. The number of furan rings is 1. The fraction of sp³-hybridized carbons (Fsp3) is 0.294. The molecular weight excluding hydrogens is 276 g/mol. The van der Waals surface area contributed by atoms with Gasteiger partial charge >= 0.3 is 0 Å². The SMILES string of the molecule is CCN(CC)c1nc(NCc2ccco2)c2ccccc2n1. The van der Waals surface area contributed by atoms with Crippen LogP contribution in [0.15, 0.2) is 47.1 Å². The molecule has 1 N–H and O–H groups in total. The highest BCUT2D eigenvalue weighted by Gasteiger charge is 2.11. The Labute approximate surface area is 130 Å². The summed E-state index contributed by atoms with van der Waals surface area (Å²) >= 11 is 0. The molecule has 0 aliphatic carbocycles. The molecule has 0 unspecified atom stereocenters. The van der Waals surface area contributed by atoms with Crippen molar-refractivity contribution in [3.05, 3.63) is 48.4 Å². The minimum Gasteiger partial charge on any atom is -0.467 e. The van der Waals surface area contributed by atoms with E-state index in [4.69, 9.17) is 9.40 Å². The van der Waals surface area contributed by atoms with Crippen molar-refractivity contribution in [3.8, 4) is 0 Å². The third-order valence-electron chi connectivity index (χ3n) is 3.65. The van der Waals surface area contributed by atoms with Crippen molar-refractivity contribution in [2.24, 2.45) is 0 Å². The van der Waals surface area contributed by atoms with Crippen molar-refractivity contribution < 1.29 is 4.42 Å². The Morgan fingerprint density at radius 3 is 2.59 bits per heavy atom. The molecule has 2 aromatic heterocycles. The van der Waals surface area contributed by atoms with E-state index in [9.17, 15) is 0 Å². The molecule has 0 amide bonds. The fourth-order valence-electron chi connectivity index (χ4n) is 2.43. The lowest BCUT2D eigenvalue weighted by Gasteiger charge is -2.20. The van der Waals surface area contributed by atoms with E-state index >= 15 is 0 Å². The minimum atomic E-state index is 0.603. The zero-order valence-electron chi connectivity index (χ0n) is 12.9. The van der Waals surface area contributed by atoms with Gasteiger partial charge in [0.25, 0.3) is 0 Å². The molecule has 0 aliphatic heterocycles. The van der Waals surface area contributed by atoms with Gasteiger partial charge in [-0.25, -0.2) is 4.98 Å². The third kappa shape index (κ3) is 2.88. The van der Waals surface area contributed by atoms with Crippen LogP contribution in [0.4, 0.5) is 11.8 Å². The highest BCUT2D eigenvalue weighted by molar-refractivity contribution is 5.90. The summed E-state index contributed by atoms with van der Waals surface area (Å²) in [5.41, 5.74) is 0.946. The van der Waals surface area contributed by atoms with Crippen LogP contribution in [0.25, 0.3) is 10.9 Å². The van der Waals surface area contributed by atoms with Crippen molar-refractivity contribution in [3.63, 3.8) is 0 Å². The summed E-state index contributed by atoms with van der Waals surface area (Å²) < 4.78 is 5.37. The number of benzene rings is 1.